The number of hydrogen-bond donors (Lipinski definition) is 1. The Balaban J connectivity index is 1.31. The van der Waals surface area contributed by atoms with Gasteiger partial charge in [0, 0.05) is 31.5 Å². The molecule has 0 bridgehead atoms. The molecule has 7 nitrogen and oxygen atoms in total. The third-order valence-electron chi connectivity index (χ3n) is 7.12. The van der Waals surface area contributed by atoms with E-state index in [4.69, 9.17) is 14.2 Å². The summed E-state index contributed by atoms with van der Waals surface area (Å²) >= 11 is 0. The summed E-state index contributed by atoms with van der Waals surface area (Å²) in [6, 6.07) is 13.5. The van der Waals surface area contributed by atoms with Crippen molar-refractivity contribution >= 4 is 11.8 Å². The number of hydrogen-bond acceptors (Lipinski definition) is 5. The highest BCUT2D eigenvalue weighted by Gasteiger charge is 2.42. The lowest BCUT2D eigenvalue weighted by Gasteiger charge is -2.20. The number of methoxy groups -OCH3 is 1. The van der Waals surface area contributed by atoms with Gasteiger partial charge in [-0.1, -0.05) is 31.0 Å². The molecule has 2 aromatic rings. The third-order valence-corrected chi connectivity index (χ3v) is 7.12. The van der Waals surface area contributed by atoms with Gasteiger partial charge in [-0.25, -0.2) is 0 Å². The van der Waals surface area contributed by atoms with E-state index in [0.717, 1.165) is 48.3 Å². The number of carbonyl (C=O) groups is 2. The Labute approximate surface area is 194 Å². The zero-order valence-corrected chi connectivity index (χ0v) is 18.9. The van der Waals surface area contributed by atoms with Crippen molar-refractivity contribution in [3.63, 3.8) is 0 Å². The average Bonchev–Trinajstić information content (AvgIpc) is 3.62. The molecule has 2 heterocycles. The quantitative estimate of drug-likeness (QED) is 0.729. The van der Waals surface area contributed by atoms with E-state index in [-0.39, 0.29) is 36.4 Å². The van der Waals surface area contributed by atoms with Crippen molar-refractivity contribution in [1.29, 1.82) is 0 Å². The highest BCUT2D eigenvalue weighted by molar-refractivity contribution is 5.84. The molecule has 0 spiro atoms. The van der Waals surface area contributed by atoms with Crippen molar-refractivity contribution in [3.05, 3.63) is 53.6 Å². The van der Waals surface area contributed by atoms with Crippen molar-refractivity contribution < 1.29 is 23.8 Å². The van der Waals surface area contributed by atoms with Gasteiger partial charge in [0.2, 0.25) is 18.6 Å². The monoisotopic (exact) mass is 450 g/mol. The second-order valence-corrected chi connectivity index (χ2v) is 9.12. The van der Waals surface area contributed by atoms with Crippen LogP contribution in [0.15, 0.2) is 42.5 Å². The van der Waals surface area contributed by atoms with E-state index < -0.39 is 0 Å². The first-order valence-corrected chi connectivity index (χ1v) is 11.7. The Kier molecular flexibility index (Phi) is 6.11. The molecule has 3 aliphatic rings. The SMILES string of the molecule is COc1ccc([C@@H]2CN(C(=O)C3CCCC3)C[C@H]2C(=O)NCc2ccc3c(c2)OCO3)cc1. The normalized spacial score (nSPS) is 21.9. The number of benzene rings is 2. The zero-order valence-electron chi connectivity index (χ0n) is 18.9. The highest BCUT2D eigenvalue weighted by atomic mass is 16.7. The van der Waals surface area contributed by atoms with Gasteiger partial charge in [0.15, 0.2) is 11.5 Å². The van der Waals surface area contributed by atoms with Gasteiger partial charge in [0.05, 0.1) is 13.0 Å². The predicted molar refractivity (Wildman–Crippen MR) is 122 cm³/mol. The lowest BCUT2D eigenvalue weighted by molar-refractivity contribution is -0.134. The lowest BCUT2D eigenvalue weighted by Crippen LogP contribution is -2.36. The first-order chi connectivity index (χ1) is 16.1. The second-order valence-electron chi connectivity index (χ2n) is 9.12. The molecule has 33 heavy (non-hydrogen) atoms. The van der Waals surface area contributed by atoms with E-state index in [1.165, 1.54) is 0 Å². The summed E-state index contributed by atoms with van der Waals surface area (Å²) in [5.74, 6) is 2.15. The number of carbonyl (C=O) groups excluding carboxylic acids is 2. The van der Waals surface area contributed by atoms with E-state index in [1.54, 1.807) is 7.11 Å². The van der Waals surface area contributed by atoms with E-state index >= 15 is 0 Å². The van der Waals surface area contributed by atoms with Crippen LogP contribution in [0, 0.1) is 11.8 Å². The standard InChI is InChI=1S/C26H30N2O5/c1-31-20-9-7-18(8-10-20)21-14-28(26(30)19-4-2-3-5-19)15-22(21)25(29)27-13-17-6-11-23-24(12-17)33-16-32-23/h6-12,19,21-22H,2-5,13-16H2,1H3,(H,27,29)/t21-,22+/m0/s1. The molecule has 2 fully saturated rings. The van der Waals surface area contributed by atoms with Gasteiger partial charge in [-0.15, -0.1) is 0 Å². The Hall–Kier alpha value is -3.22. The van der Waals surface area contributed by atoms with Crippen LogP contribution in [0.1, 0.15) is 42.7 Å². The molecule has 2 amide bonds. The second kappa shape index (κ2) is 9.33. The zero-order chi connectivity index (χ0) is 22.8. The van der Waals surface area contributed by atoms with Gasteiger partial charge in [0.1, 0.15) is 5.75 Å². The summed E-state index contributed by atoms with van der Waals surface area (Å²) in [5, 5.41) is 3.09. The van der Waals surface area contributed by atoms with Crippen LogP contribution in [0.3, 0.4) is 0 Å². The Morgan fingerprint density at radius 1 is 1.03 bits per heavy atom. The van der Waals surface area contributed by atoms with Gasteiger partial charge in [-0.05, 0) is 48.2 Å². The summed E-state index contributed by atoms with van der Waals surface area (Å²) in [6.07, 6.45) is 4.16. The minimum absolute atomic E-state index is 0.0322. The molecule has 2 atom stereocenters. The smallest absolute Gasteiger partial charge is 0.231 e. The number of likely N-dealkylation sites (tertiary alicyclic amines) is 1. The number of rotatable bonds is 6. The maximum atomic E-state index is 13.3. The van der Waals surface area contributed by atoms with Gasteiger partial charge >= 0.3 is 0 Å². The molecule has 2 aliphatic heterocycles. The van der Waals surface area contributed by atoms with Crippen LogP contribution in [-0.4, -0.2) is 43.7 Å². The van der Waals surface area contributed by atoms with Crippen LogP contribution >= 0.6 is 0 Å². The average molecular weight is 451 g/mol. The summed E-state index contributed by atoms with van der Waals surface area (Å²) in [4.78, 5) is 28.4. The van der Waals surface area contributed by atoms with Crippen molar-refractivity contribution in [3.8, 4) is 17.2 Å². The van der Waals surface area contributed by atoms with E-state index in [1.807, 2.05) is 47.4 Å². The lowest BCUT2D eigenvalue weighted by atomic mass is 9.88. The molecule has 5 rings (SSSR count). The summed E-state index contributed by atoms with van der Waals surface area (Å²) < 4.78 is 16.1. The summed E-state index contributed by atoms with van der Waals surface area (Å²) in [5.41, 5.74) is 2.01. The molecular formula is C26H30N2O5. The fraction of sp³-hybridized carbons (Fsp3) is 0.462. The summed E-state index contributed by atoms with van der Waals surface area (Å²) in [6.45, 7) is 1.66. The molecule has 0 radical (unpaired) electrons. The van der Waals surface area contributed by atoms with Gasteiger partial charge < -0.3 is 24.4 Å². The fourth-order valence-electron chi connectivity index (χ4n) is 5.24. The van der Waals surface area contributed by atoms with Crippen molar-refractivity contribution in [2.45, 2.75) is 38.1 Å². The molecule has 2 aromatic carbocycles. The van der Waals surface area contributed by atoms with Crippen LogP contribution in [0.4, 0.5) is 0 Å². The van der Waals surface area contributed by atoms with Crippen LogP contribution in [0.25, 0.3) is 0 Å². The van der Waals surface area contributed by atoms with E-state index in [9.17, 15) is 9.59 Å². The molecule has 0 unspecified atom stereocenters. The van der Waals surface area contributed by atoms with Gasteiger partial charge in [0.25, 0.3) is 0 Å². The van der Waals surface area contributed by atoms with Crippen molar-refractivity contribution in [2.75, 3.05) is 27.0 Å². The fourth-order valence-corrected chi connectivity index (χ4v) is 5.24. The topological polar surface area (TPSA) is 77.1 Å². The Morgan fingerprint density at radius 3 is 2.55 bits per heavy atom. The maximum Gasteiger partial charge on any atom is 0.231 e. The van der Waals surface area contributed by atoms with Crippen molar-refractivity contribution in [2.24, 2.45) is 11.8 Å². The molecular weight excluding hydrogens is 420 g/mol. The summed E-state index contributed by atoms with van der Waals surface area (Å²) in [7, 11) is 1.64. The number of ether oxygens (including phenoxy) is 3. The van der Waals surface area contributed by atoms with Crippen LogP contribution in [-0.2, 0) is 16.1 Å². The Bertz CT molecular complexity index is 1020. The molecule has 1 saturated carbocycles. The molecule has 7 heteroatoms. The van der Waals surface area contributed by atoms with Crippen LogP contribution in [0.5, 0.6) is 17.2 Å². The highest BCUT2D eigenvalue weighted by Crippen LogP contribution is 2.37. The van der Waals surface area contributed by atoms with E-state index in [0.29, 0.717) is 25.4 Å². The number of nitrogens with one attached hydrogen (secondary N) is 1. The Morgan fingerprint density at radius 2 is 1.79 bits per heavy atom. The molecule has 1 N–H and O–H groups in total. The molecule has 0 aromatic heterocycles. The number of fused-ring (bicyclic) bond motifs is 1. The number of nitrogens with zero attached hydrogens (tertiary/aromatic N) is 1. The van der Waals surface area contributed by atoms with Gasteiger partial charge in [-0.3, -0.25) is 9.59 Å². The number of amides is 2. The first-order valence-electron chi connectivity index (χ1n) is 11.7. The largest absolute Gasteiger partial charge is 0.497 e. The van der Waals surface area contributed by atoms with Crippen molar-refractivity contribution in [1.82, 2.24) is 10.2 Å². The molecule has 1 aliphatic carbocycles. The predicted octanol–water partition coefficient (Wildman–Crippen LogP) is 3.47. The minimum Gasteiger partial charge on any atom is -0.497 e. The first kappa shape index (κ1) is 21.6. The third kappa shape index (κ3) is 4.49. The molecule has 174 valence electrons. The van der Waals surface area contributed by atoms with Crippen LogP contribution < -0.4 is 19.5 Å². The minimum atomic E-state index is -0.294. The van der Waals surface area contributed by atoms with Gasteiger partial charge in [-0.2, -0.15) is 0 Å². The maximum absolute atomic E-state index is 13.3. The van der Waals surface area contributed by atoms with Crippen LogP contribution in [0.2, 0.25) is 0 Å². The van der Waals surface area contributed by atoms with E-state index in [2.05, 4.69) is 5.32 Å². The molecule has 1 saturated heterocycles.